The van der Waals surface area contributed by atoms with E-state index in [2.05, 4.69) is 111 Å². The zero-order valence-electron chi connectivity index (χ0n) is 18.4. The van der Waals surface area contributed by atoms with Crippen molar-refractivity contribution in [3.8, 4) is 0 Å². The molecule has 0 heterocycles. The molecule has 0 unspecified atom stereocenters. The van der Waals surface area contributed by atoms with Gasteiger partial charge >= 0.3 is 0 Å². The fraction of sp³-hybridized carbons (Fsp3) is 0.161. The summed E-state index contributed by atoms with van der Waals surface area (Å²) in [6.45, 7) is 4.49. The molecule has 0 N–H and O–H groups in total. The van der Waals surface area contributed by atoms with Gasteiger partial charge in [0.15, 0.2) is 0 Å². The van der Waals surface area contributed by atoms with Gasteiger partial charge in [-0.3, -0.25) is 0 Å². The van der Waals surface area contributed by atoms with Gasteiger partial charge in [0.05, 0.1) is 0 Å². The van der Waals surface area contributed by atoms with Gasteiger partial charge in [-0.25, -0.2) is 0 Å². The minimum atomic E-state index is 0.967. The number of hydrogen-bond acceptors (Lipinski definition) is 0. The van der Waals surface area contributed by atoms with Crippen LogP contribution in [0, 0.1) is 6.92 Å². The van der Waals surface area contributed by atoms with E-state index in [4.69, 9.17) is 0 Å². The monoisotopic (exact) mass is 400 g/mol. The van der Waals surface area contributed by atoms with Crippen molar-refractivity contribution < 1.29 is 0 Å². The molecule has 0 aliphatic carbocycles. The Morgan fingerprint density at radius 3 is 1.71 bits per heavy atom. The third-order valence-electron chi connectivity index (χ3n) is 6.39. The minimum absolute atomic E-state index is 0.967. The van der Waals surface area contributed by atoms with Crippen molar-refractivity contribution in [2.45, 2.75) is 33.1 Å². The predicted octanol–water partition coefficient (Wildman–Crippen LogP) is 8.05. The lowest BCUT2D eigenvalue weighted by molar-refractivity contribution is 1.09. The molecule has 0 bridgehead atoms. The van der Waals surface area contributed by atoms with Gasteiger partial charge in [-0.2, -0.15) is 0 Å². The number of hydrogen-bond donors (Lipinski definition) is 0. The molecule has 0 nitrogen and oxygen atoms in total. The maximum absolute atomic E-state index is 2.44. The third-order valence-corrected chi connectivity index (χ3v) is 6.39. The van der Waals surface area contributed by atoms with Crippen LogP contribution in [-0.2, 0) is 19.3 Å². The van der Waals surface area contributed by atoms with Gasteiger partial charge < -0.3 is 0 Å². The van der Waals surface area contributed by atoms with Crippen molar-refractivity contribution in [3.63, 3.8) is 0 Å². The van der Waals surface area contributed by atoms with E-state index in [1.807, 2.05) is 0 Å². The van der Waals surface area contributed by atoms with E-state index in [-0.39, 0.29) is 0 Å². The summed E-state index contributed by atoms with van der Waals surface area (Å²) < 4.78 is 0. The molecule has 31 heavy (non-hydrogen) atoms. The number of rotatable bonds is 5. The number of fused-ring (bicyclic) bond motifs is 3. The van der Waals surface area contributed by atoms with Crippen LogP contribution in [0.15, 0.2) is 97.1 Å². The van der Waals surface area contributed by atoms with E-state index in [9.17, 15) is 0 Å². The van der Waals surface area contributed by atoms with Crippen LogP contribution in [0.1, 0.15) is 40.3 Å². The lowest BCUT2D eigenvalue weighted by Gasteiger charge is -2.18. The van der Waals surface area contributed by atoms with Crippen LogP contribution in [0.4, 0.5) is 0 Å². The molecular formula is C31H28. The van der Waals surface area contributed by atoms with E-state index < -0.39 is 0 Å². The van der Waals surface area contributed by atoms with Crippen LogP contribution in [0.2, 0.25) is 0 Å². The van der Waals surface area contributed by atoms with Gasteiger partial charge in [0.2, 0.25) is 0 Å². The van der Waals surface area contributed by atoms with Gasteiger partial charge in [0.25, 0.3) is 0 Å². The van der Waals surface area contributed by atoms with Crippen molar-refractivity contribution in [1.82, 2.24) is 0 Å². The SMILES string of the molecule is CCc1c(Cc2ccccc2)c2cc(Cc3ccccc3)ccc2c2ccc(C)cc12. The molecule has 5 aromatic carbocycles. The predicted molar refractivity (Wildman–Crippen MR) is 134 cm³/mol. The highest BCUT2D eigenvalue weighted by atomic mass is 14.2. The Labute approximate surface area is 185 Å². The Balaban J connectivity index is 1.76. The van der Waals surface area contributed by atoms with Crippen LogP contribution in [0.5, 0.6) is 0 Å². The largest absolute Gasteiger partial charge is 0.0622 e. The van der Waals surface area contributed by atoms with Gasteiger partial charge in [0, 0.05) is 0 Å². The maximum Gasteiger partial charge on any atom is -0.00167 e. The molecule has 0 aromatic heterocycles. The highest BCUT2D eigenvalue weighted by molar-refractivity contribution is 6.11. The van der Waals surface area contributed by atoms with Gasteiger partial charge in [-0.05, 0) is 75.5 Å². The standard InChI is InChI=1S/C31H28/c1-3-26-29-18-22(2)14-16-27(29)28-17-15-25(19-23-10-6-4-7-11-23)21-31(28)30(26)20-24-12-8-5-9-13-24/h4-18,21H,3,19-20H2,1-2H3. The van der Waals surface area contributed by atoms with Gasteiger partial charge in [0.1, 0.15) is 0 Å². The Morgan fingerprint density at radius 1 is 0.484 bits per heavy atom. The highest BCUT2D eigenvalue weighted by Gasteiger charge is 2.15. The Hall–Kier alpha value is -3.38. The second-order valence-electron chi connectivity index (χ2n) is 8.56. The molecular weight excluding hydrogens is 372 g/mol. The van der Waals surface area contributed by atoms with Crippen molar-refractivity contribution in [3.05, 3.63) is 130 Å². The Morgan fingerprint density at radius 2 is 1.06 bits per heavy atom. The summed E-state index contributed by atoms with van der Waals surface area (Å²) in [7, 11) is 0. The van der Waals surface area contributed by atoms with Gasteiger partial charge in [-0.1, -0.05) is 110 Å². The molecule has 0 aliphatic rings. The summed E-state index contributed by atoms with van der Waals surface area (Å²) in [5.41, 5.74) is 8.41. The molecule has 0 aliphatic heterocycles. The molecule has 0 atom stereocenters. The maximum atomic E-state index is 2.44. The average Bonchev–Trinajstić information content (AvgIpc) is 2.80. The van der Waals surface area contributed by atoms with Crippen molar-refractivity contribution >= 4 is 21.5 Å². The summed E-state index contributed by atoms with van der Waals surface area (Å²) in [5.74, 6) is 0. The Bertz CT molecular complexity index is 1350. The number of aryl methyl sites for hydroxylation is 2. The first-order valence-corrected chi connectivity index (χ1v) is 11.3. The zero-order chi connectivity index (χ0) is 21.2. The Kier molecular flexibility index (Phi) is 5.30. The summed E-state index contributed by atoms with van der Waals surface area (Å²) in [6, 6.07) is 35.7. The fourth-order valence-electron chi connectivity index (χ4n) is 4.89. The summed E-state index contributed by atoms with van der Waals surface area (Å²) >= 11 is 0. The van der Waals surface area contributed by atoms with E-state index in [0.29, 0.717) is 0 Å². The molecule has 5 rings (SSSR count). The normalized spacial score (nSPS) is 11.3. The van der Waals surface area contributed by atoms with E-state index in [0.717, 1.165) is 19.3 Å². The van der Waals surface area contributed by atoms with Crippen LogP contribution < -0.4 is 0 Å². The van der Waals surface area contributed by atoms with Crippen molar-refractivity contribution in [1.29, 1.82) is 0 Å². The molecule has 0 heteroatoms. The van der Waals surface area contributed by atoms with Gasteiger partial charge in [-0.15, -0.1) is 0 Å². The number of benzene rings is 5. The second-order valence-corrected chi connectivity index (χ2v) is 8.56. The first-order chi connectivity index (χ1) is 15.2. The molecule has 0 radical (unpaired) electrons. The van der Waals surface area contributed by atoms with E-state index >= 15 is 0 Å². The average molecular weight is 401 g/mol. The summed E-state index contributed by atoms with van der Waals surface area (Å²) in [4.78, 5) is 0. The van der Waals surface area contributed by atoms with Crippen LogP contribution in [0.3, 0.4) is 0 Å². The zero-order valence-corrected chi connectivity index (χ0v) is 18.4. The summed E-state index contributed by atoms with van der Waals surface area (Å²) in [6.07, 6.45) is 2.98. The second kappa shape index (κ2) is 8.40. The molecule has 0 saturated heterocycles. The van der Waals surface area contributed by atoms with Crippen LogP contribution in [0.25, 0.3) is 21.5 Å². The molecule has 0 amide bonds. The van der Waals surface area contributed by atoms with Crippen LogP contribution in [-0.4, -0.2) is 0 Å². The highest BCUT2D eigenvalue weighted by Crippen LogP contribution is 2.36. The van der Waals surface area contributed by atoms with Crippen molar-refractivity contribution in [2.75, 3.05) is 0 Å². The lowest BCUT2D eigenvalue weighted by atomic mass is 9.86. The van der Waals surface area contributed by atoms with Crippen molar-refractivity contribution in [2.24, 2.45) is 0 Å². The molecule has 0 fully saturated rings. The van der Waals surface area contributed by atoms with E-state index in [1.54, 1.807) is 0 Å². The third kappa shape index (κ3) is 3.86. The topological polar surface area (TPSA) is 0 Å². The van der Waals surface area contributed by atoms with Crippen LogP contribution >= 0.6 is 0 Å². The molecule has 152 valence electrons. The minimum Gasteiger partial charge on any atom is -0.0622 e. The molecule has 5 aromatic rings. The quantitative estimate of drug-likeness (QED) is 0.262. The fourth-order valence-corrected chi connectivity index (χ4v) is 4.89. The first-order valence-electron chi connectivity index (χ1n) is 11.3. The smallest absolute Gasteiger partial charge is 0.00167 e. The first kappa shape index (κ1) is 19.6. The molecule has 0 spiro atoms. The lowest BCUT2D eigenvalue weighted by Crippen LogP contribution is -2.00. The van der Waals surface area contributed by atoms with E-state index in [1.165, 1.54) is 54.9 Å². The molecule has 0 saturated carbocycles. The summed E-state index contributed by atoms with van der Waals surface area (Å²) in [5, 5.41) is 5.57.